The number of halogens is 1. The monoisotopic (exact) mass is 425 g/mol. The van der Waals surface area contributed by atoms with E-state index in [1.165, 1.54) is 12.1 Å². The Morgan fingerprint density at radius 3 is 2.24 bits per heavy atom. The molecule has 0 radical (unpaired) electrons. The van der Waals surface area contributed by atoms with Crippen LogP contribution in [-0.4, -0.2) is 47.4 Å². The van der Waals surface area contributed by atoms with Crippen LogP contribution in [-0.2, 0) is 16.4 Å². The molecule has 2 atom stereocenters. The molecule has 160 valence electrons. The van der Waals surface area contributed by atoms with Gasteiger partial charge in [-0.15, -0.1) is 0 Å². The fraction of sp³-hybridized carbons (Fsp3) is 0.526. The Bertz CT molecular complexity index is 907. The van der Waals surface area contributed by atoms with E-state index in [9.17, 15) is 17.9 Å². The van der Waals surface area contributed by atoms with E-state index in [1.807, 2.05) is 20.8 Å². The molecule has 0 spiro atoms. The highest BCUT2D eigenvalue weighted by Gasteiger charge is 2.17. The van der Waals surface area contributed by atoms with Crippen molar-refractivity contribution in [2.45, 2.75) is 45.6 Å². The number of hydrogen-bond acceptors (Lipinski definition) is 7. The van der Waals surface area contributed by atoms with Crippen molar-refractivity contribution in [1.82, 2.24) is 15.0 Å². The molecule has 0 saturated carbocycles. The first kappa shape index (κ1) is 23.0. The predicted octanol–water partition coefficient (Wildman–Crippen LogP) is 2.55. The molecule has 3 N–H and O–H groups in total. The molecule has 2 aromatic rings. The number of aliphatic hydroxyl groups excluding tert-OH is 1. The topological polar surface area (TPSA) is 117 Å². The van der Waals surface area contributed by atoms with E-state index in [4.69, 9.17) is 0 Å². The van der Waals surface area contributed by atoms with Gasteiger partial charge in [0, 0.05) is 6.42 Å². The highest BCUT2D eigenvalue weighted by Crippen LogP contribution is 2.21. The number of sulfonamides is 1. The summed E-state index contributed by atoms with van der Waals surface area (Å²) in [5, 5.41) is 12.7. The van der Waals surface area contributed by atoms with Crippen molar-refractivity contribution in [3.05, 3.63) is 41.5 Å². The van der Waals surface area contributed by atoms with E-state index in [2.05, 4.69) is 25.0 Å². The second-order valence-electron chi connectivity index (χ2n) is 7.58. The van der Waals surface area contributed by atoms with Crippen LogP contribution in [0.5, 0.6) is 0 Å². The third kappa shape index (κ3) is 7.90. The van der Waals surface area contributed by atoms with Crippen molar-refractivity contribution in [2.24, 2.45) is 5.92 Å². The number of aliphatic hydroxyl groups is 1. The quantitative estimate of drug-likeness (QED) is 0.535. The molecule has 2 rings (SSSR count). The molecular formula is C19H28FN5O3S. The molecule has 0 aliphatic rings. The molecule has 0 fully saturated rings. The Morgan fingerprint density at radius 1 is 1.07 bits per heavy atom. The molecule has 0 aliphatic heterocycles. The first-order valence-corrected chi connectivity index (χ1v) is 11.3. The largest absolute Gasteiger partial charge is 0.394 e. The number of nitrogens with zero attached hydrogens (tertiary/aromatic N) is 3. The van der Waals surface area contributed by atoms with Crippen LogP contribution >= 0.6 is 0 Å². The van der Waals surface area contributed by atoms with Crippen molar-refractivity contribution in [3.63, 3.8) is 0 Å². The molecule has 0 bridgehead atoms. The Labute approximate surface area is 171 Å². The van der Waals surface area contributed by atoms with Gasteiger partial charge in [0.2, 0.25) is 21.9 Å². The van der Waals surface area contributed by atoms with E-state index < -0.39 is 10.0 Å². The molecule has 1 heterocycles. The average molecular weight is 426 g/mol. The van der Waals surface area contributed by atoms with Crippen LogP contribution in [0.25, 0.3) is 0 Å². The van der Waals surface area contributed by atoms with Crippen LogP contribution in [0.15, 0.2) is 24.3 Å². The first-order valence-electron chi connectivity index (χ1n) is 9.41. The summed E-state index contributed by atoms with van der Waals surface area (Å²) >= 11 is 0. The van der Waals surface area contributed by atoms with Crippen LogP contribution in [0.4, 0.5) is 16.3 Å². The molecular weight excluding hydrogens is 397 g/mol. The van der Waals surface area contributed by atoms with E-state index in [1.54, 1.807) is 12.1 Å². The summed E-state index contributed by atoms with van der Waals surface area (Å²) in [6.45, 7) is 5.90. The Hall–Kier alpha value is -2.33. The van der Waals surface area contributed by atoms with Crippen molar-refractivity contribution in [1.29, 1.82) is 0 Å². The summed E-state index contributed by atoms with van der Waals surface area (Å²) in [7, 11) is -3.57. The zero-order valence-corrected chi connectivity index (χ0v) is 17.9. The Kier molecular flexibility index (Phi) is 7.86. The standard InChI is InChI=1S/C19H28FN5O3S/c1-12(2)9-16(11-26)21-18-22-17(23-19(24-18)25-29(4,27)28)10-13(3)14-5-7-15(20)8-6-14/h5-8,12-13,16,26H,9-11H2,1-4H3,(H2,21,22,23,24,25)/t13?,16-/m1/s1. The van der Waals surface area contributed by atoms with Gasteiger partial charge in [0.15, 0.2) is 0 Å². The number of anilines is 2. The lowest BCUT2D eigenvalue weighted by Gasteiger charge is -2.19. The van der Waals surface area contributed by atoms with Gasteiger partial charge in [-0.1, -0.05) is 32.9 Å². The summed E-state index contributed by atoms with van der Waals surface area (Å²) < 4.78 is 38.7. The van der Waals surface area contributed by atoms with Crippen LogP contribution in [0.3, 0.4) is 0 Å². The Balaban J connectivity index is 2.29. The van der Waals surface area contributed by atoms with E-state index in [0.717, 1.165) is 11.8 Å². The molecule has 0 amide bonds. The highest BCUT2D eigenvalue weighted by molar-refractivity contribution is 7.91. The molecule has 10 heteroatoms. The minimum absolute atomic E-state index is 0.0266. The second kappa shape index (κ2) is 9.93. The second-order valence-corrected chi connectivity index (χ2v) is 9.33. The third-order valence-electron chi connectivity index (χ3n) is 4.20. The first-order chi connectivity index (χ1) is 13.6. The van der Waals surface area contributed by atoms with Crippen LogP contribution in [0.2, 0.25) is 0 Å². The zero-order chi connectivity index (χ0) is 21.6. The molecule has 1 aromatic heterocycles. The van der Waals surface area contributed by atoms with Gasteiger partial charge in [0.05, 0.1) is 18.9 Å². The maximum Gasteiger partial charge on any atom is 0.241 e. The number of rotatable bonds is 10. The summed E-state index contributed by atoms with van der Waals surface area (Å²) in [4.78, 5) is 12.7. The maximum absolute atomic E-state index is 13.2. The van der Waals surface area contributed by atoms with Crippen molar-refractivity contribution >= 4 is 21.9 Å². The van der Waals surface area contributed by atoms with Crippen LogP contribution in [0, 0.1) is 11.7 Å². The SMILES string of the molecule is CC(C)C[C@H](CO)Nc1nc(CC(C)c2ccc(F)cc2)nc(NS(C)(=O)=O)n1. The van der Waals surface area contributed by atoms with Crippen molar-refractivity contribution in [2.75, 3.05) is 22.9 Å². The van der Waals surface area contributed by atoms with Gasteiger partial charge in [-0.25, -0.2) is 12.8 Å². The smallest absolute Gasteiger partial charge is 0.241 e. The fourth-order valence-corrected chi connectivity index (χ4v) is 3.32. The number of aromatic nitrogens is 3. The minimum atomic E-state index is -3.57. The van der Waals surface area contributed by atoms with E-state index in [-0.39, 0.29) is 36.3 Å². The summed E-state index contributed by atoms with van der Waals surface area (Å²) in [5.41, 5.74) is 0.909. The predicted molar refractivity (Wildman–Crippen MR) is 111 cm³/mol. The third-order valence-corrected chi connectivity index (χ3v) is 4.75. The van der Waals surface area contributed by atoms with Gasteiger partial charge < -0.3 is 10.4 Å². The van der Waals surface area contributed by atoms with Gasteiger partial charge in [0.25, 0.3) is 0 Å². The molecule has 8 nitrogen and oxygen atoms in total. The van der Waals surface area contributed by atoms with Crippen LogP contribution in [0.1, 0.15) is 44.5 Å². The molecule has 1 aromatic carbocycles. The summed E-state index contributed by atoms with van der Waals surface area (Å²) in [5.74, 6) is 0.480. The van der Waals surface area contributed by atoms with Crippen molar-refractivity contribution < 1.29 is 17.9 Å². The number of benzene rings is 1. The fourth-order valence-electron chi connectivity index (χ4n) is 2.90. The van der Waals surface area contributed by atoms with Crippen molar-refractivity contribution in [3.8, 4) is 0 Å². The maximum atomic E-state index is 13.2. The Morgan fingerprint density at radius 2 is 1.69 bits per heavy atom. The molecule has 29 heavy (non-hydrogen) atoms. The lowest BCUT2D eigenvalue weighted by molar-refractivity contribution is 0.259. The minimum Gasteiger partial charge on any atom is -0.394 e. The lowest BCUT2D eigenvalue weighted by Crippen LogP contribution is -2.27. The lowest BCUT2D eigenvalue weighted by atomic mass is 9.97. The number of nitrogens with one attached hydrogen (secondary N) is 2. The van der Waals surface area contributed by atoms with E-state index in [0.29, 0.717) is 24.6 Å². The van der Waals surface area contributed by atoms with E-state index >= 15 is 0 Å². The van der Waals surface area contributed by atoms with Crippen LogP contribution < -0.4 is 10.0 Å². The summed E-state index contributed by atoms with van der Waals surface area (Å²) in [6.07, 6.45) is 2.10. The van der Waals surface area contributed by atoms with Gasteiger partial charge in [-0.05, 0) is 36.0 Å². The normalized spacial score (nSPS) is 13.9. The zero-order valence-electron chi connectivity index (χ0n) is 17.1. The molecule has 0 saturated heterocycles. The van der Waals surface area contributed by atoms with Gasteiger partial charge in [0.1, 0.15) is 11.6 Å². The number of hydrogen-bond donors (Lipinski definition) is 3. The van der Waals surface area contributed by atoms with Gasteiger partial charge in [-0.3, -0.25) is 4.72 Å². The molecule has 0 aliphatic carbocycles. The summed E-state index contributed by atoms with van der Waals surface area (Å²) in [6, 6.07) is 5.90. The highest BCUT2D eigenvalue weighted by atomic mass is 32.2. The average Bonchev–Trinajstić information content (AvgIpc) is 2.59. The van der Waals surface area contributed by atoms with Gasteiger partial charge in [-0.2, -0.15) is 15.0 Å². The van der Waals surface area contributed by atoms with Gasteiger partial charge >= 0.3 is 0 Å². The molecule has 1 unspecified atom stereocenters.